The van der Waals surface area contributed by atoms with E-state index in [4.69, 9.17) is 9.47 Å². The first kappa shape index (κ1) is 22.7. The number of halogens is 3. The Bertz CT molecular complexity index is 1320. The van der Waals surface area contributed by atoms with Crippen molar-refractivity contribution in [3.63, 3.8) is 0 Å². The van der Waals surface area contributed by atoms with E-state index in [-0.39, 0.29) is 17.9 Å². The largest absolute Gasteiger partial charge is 0.488 e. The number of hydrogen-bond donors (Lipinski definition) is 0. The first-order valence-electron chi connectivity index (χ1n) is 9.98. The number of carbonyl (C=O) groups is 1. The molecule has 168 valence electrons. The van der Waals surface area contributed by atoms with Crippen LogP contribution in [0, 0.1) is 18.6 Å². The summed E-state index contributed by atoms with van der Waals surface area (Å²) < 4.78 is 41.5. The third kappa shape index (κ3) is 4.66. The van der Waals surface area contributed by atoms with Crippen LogP contribution in [-0.2, 0) is 11.3 Å². The Morgan fingerprint density at radius 1 is 1.03 bits per heavy atom. The molecule has 0 unspecified atom stereocenters. The smallest absolute Gasteiger partial charge is 0.356 e. The molecule has 4 rings (SSSR count). The Kier molecular flexibility index (Phi) is 6.55. The quantitative estimate of drug-likeness (QED) is 0.286. The highest BCUT2D eigenvalue weighted by Gasteiger charge is 2.18. The van der Waals surface area contributed by atoms with Gasteiger partial charge in [0.25, 0.3) is 0 Å². The maximum absolute atomic E-state index is 14.1. The van der Waals surface area contributed by atoms with Crippen LogP contribution in [0.3, 0.4) is 0 Å². The van der Waals surface area contributed by atoms with Gasteiger partial charge in [0.15, 0.2) is 5.69 Å². The van der Waals surface area contributed by atoms with Crippen molar-refractivity contribution in [3.8, 4) is 22.8 Å². The molecule has 0 saturated carbocycles. The van der Waals surface area contributed by atoms with E-state index in [1.807, 2.05) is 29.7 Å². The van der Waals surface area contributed by atoms with Crippen LogP contribution in [0.2, 0.25) is 0 Å². The third-order valence-corrected chi connectivity index (χ3v) is 5.58. The van der Waals surface area contributed by atoms with Crippen LogP contribution < -0.4 is 4.74 Å². The summed E-state index contributed by atoms with van der Waals surface area (Å²) in [7, 11) is 1.30. The van der Waals surface area contributed by atoms with Gasteiger partial charge in [-0.3, -0.25) is 4.57 Å². The summed E-state index contributed by atoms with van der Waals surface area (Å²) in [6, 6.07) is 17.9. The number of hydrogen-bond acceptors (Lipinski definition) is 4. The molecule has 0 N–H and O–H groups in total. The highest BCUT2D eigenvalue weighted by molar-refractivity contribution is 9.10. The lowest BCUT2D eigenvalue weighted by molar-refractivity contribution is 0.0594. The Labute approximate surface area is 197 Å². The molecular formula is C25H19BrF2N2O3. The summed E-state index contributed by atoms with van der Waals surface area (Å²) in [5.41, 5.74) is 2.30. The van der Waals surface area contributed by atoms with Crippen molar-refractivity contribution in [1.82, 2.24) is 9.55 Å². The molecule has 0 amide bonds. The van der Waals surface area contributed by atoms with E-state index in [0.29, 0.717) is 17.1 Å². The van der Waals surface area contributed by atoms with Crippen molar-refractivity contribution in [3.05, 3.63) is 99.8 Å². The number of ether oxygens (including phenoxy) is 2. The van der Waals surface area contributed by atoms with Crippen molar-refractivity contribution >= 4 is 21.9 Å². The standard InChI is InChI=1S/C25H19BrF2N2O3/c1-15-9-11-22(30(15)24-8-4-7-21(29-24)25(31)32-2)17-13-16(26)10-12-23(17)33-14-18-19(27)5-3-6-20(18)28/h3-13H,14H2,1-2H3. The zero-order chi connectivity index (χ0) is 23.5. The van der Waals surface area contributed by atoms with Crippen molar-refractivity contribution in [2.45, 2.75) is 13.5 Å². The fourth-order valence-electron chi connectivity index (χ4n) is 3.47. The van der Waals surface area contributed by atoms with Crippen LogP contribution >= 0.6 is 15.9 Å². The minimum atomic E-state index is -0.670. The number of carbonyl (C=O) groups excluding carboxylic acids is 1. The molecule has 0 spiro atoms. The second kappa shape index (κ2) is 9.54. The lowest BCUT2D eigenvalue weighted by Crippen LogP contribution is -2.09. The van der Waals surface area contributed by atoms with Gasteiger partial charge in [-0.25, -0.2) is 18.6 Å². The predicted octanol–water partition coefficient (Wildman–Crippen LogP) is 6.25. The van der Waals surface area contributed by atoms with Crippen molar-refractivity contribution in [2.24, 2.45) is 0 Å². The summed E-state index contributed by atoms with van der Waals surface area (Å²) in [6.45, 7) is 1.63. The molecule has 0 atom stereocenters. The minimum absolute atomic E-state index is 0.148. The van der Waals surface area contributed by atoms with Gasteiger partial charge < -0.3 is 9.47 Å². The van der Waals surface area contributed by atoms with E-state index in [1.165, 1.54) is 25.3 Å². The molecule has 2 heterocycles. The highest BCUT2D eigenvalue weighted by atomic mass is 79.9. The zero-order valence-corrected chi connectivity index (χ0v) is 19.4. The van der Waals surface area contributed by atoms with Crippen LogP contribution in [-0.4, -0.2) is 22.6 Å². The monoisotopic (exact) mass is 512 g/mol. The van der Waals surface area contributed by atoms with Crippen molar-refractivity contribution < 1.29 is 23.0 Å². The van der Waals surface area contributed by atoms with E-state index >= 15 is 0 Å². The minimum Gasteiger partial charge on any atom is -0.488 e. The van der Waals surface area contributed by atoms with Gasteiger partial charge in [-0.05, 0) is 61.5 Å². The molecular weight excluding hydrogens is 494 g/mol. The summed E-state index contributed by atoms with van der Waals surface area (Å²) in [6.07, 6.45) is 0. The Morgan fingerprint density at radius 3 is 2.48 bits per heavy atom. The van der Waals surface area contributed by atoms with Gasteiger partial charge >= 0.3 is 5.97 Å². The number of aromatic nitrogens is 2. The predicted molar refractivity (Wildman–Crippen MR) is 123 cm³/mol. The van der Waals surface area contributed by atoms with Crippen LogP contribution in [0.15, 0.2) is 71.2 Å². The van der Waals surface area contributed by atoms with E-state index in [1.54, 1.807) is 30.3 Å². The van der Waals surface area contributed by atoms with E-state index in [2.05, 4.69) is 20.9 Å². The zero-order valence-electron chi connectivity index (χ0n) is 17.8. The number of aryl methyl sites for hydroxylation is 1. The second-order valence-electron chi connectivity index (χ2n) is 7.20. The average molecular weight is 513 g/mol. The van der Waals surface area contributed by atoms with E-state index < -0.39 is 17.6 Å². The molecule has 2 aromatic heterocycles. The lowest BCUT2D eigenvalue weighted by atomic mass is 10.1. The van der Waals surface area contributed by atoms with E-state index in [9.17, 15) is 13.6 Å². The number of pyridine rings is 1. The molecule has 2 aromatic carbocycles. The average Bonchev–Trinajstić information content (AvgIpc) is 3.20. The number of esters is 1. The Morgan fingerprint density at radius 2 is 1.76 bits per heavy atom. The third-order valence-electron chi connectivity index (χ3n) is 5.09. The molecule has 0 bridgehead atoms. The summed E-state index contributed by atoms with van der Waals surface area (Å²) in [5, 5.41) is 0. The van der Waals surface area contributed by atoms with Gasteiger partial charge in [0, 0.05) is 15.7 Å². The molecule has 4 aromatic rings. The number of nitrogens with zero attached hydrogens (tertiary/aromatic N) is 2. The fourth-order valence-corrected chi connectivity index (χ4v) is 3.83. The second-order valence-corrected chi connectivity index (χ2v) is 8.11. The molecule has 8 heteroatoms. The van der Waals surface area contributed by atoms with Crippen molar-refractivity contribution in [2.75, 3.05) is 7.11 Å². The summed E-state index contributed by atoms with van der Waals surface area (Å²) in [5.74, 6) is -0.930. The number of methoxy groups -OCH3 is 1. The molecule has 5 nitrogen and oxygen atoms in total. The van der Waals surface area contributed by atoms with Gasteiger partial charge in [-0.2, -0.15) is 0 Å². The fraction of sp³-hybridized carbons (Fsp3) is 0.120. The SMILES string of the molecule is COC(=O)c1cccc(-n2c(C)ccc2-c2cc(Br)ccc2OCc2c(F)cccc2F)n1. The van der Waals surface area contributed by atoms with Crippen molar-refractivity contribution in [1.29, 1.82) is 0 Å². The molecule has 0 radical (unpaired) electrons. The molecule has 0 aliphatic rings. The van der Waals surface area contributed by atoms with Crippen LogP contribution in [0.4, 0.5) is 8.78 Å². The van der Waals surface area contributed by atoms with Gasteiger partial charge in [0.1, 0.15) is 29.8 Å². The molecule has 0 fully saturated rings. The van der Waals surface area contributed by atoms with Crippen LogP contribution in [0.1, 0.15) is 21.7 Å². The first-order chi connectivity index (χ1) is 15.9. The molecule has 33 heavy (non-hydrogen) atoms. The van der Waals surface area contributed by atoms with Gasteiger partial charge in [-0.1, -0.05) is 28.1 Å². The van der Waals surface area contributed by atoms with Gasteiger partial charge in [0.2, 0.25) is 0 Å². The molecule has 0 saturated heterocycles. The molecule has 0 aliphatic heterocycles. The maximum atomic E-state index is 14.1. The topological polar surface area (TPSA) is 53.4 Å². The lowest BCUT2D eigenvalue weighted by Gasteiger charge is -2.16. The summed E-state index contributed by atoms with van der Waals surface area (Å²) in [4.78, 5) is 16.4. The van der Waals surface area contributed by atoms with Crippen LogP contribution in [0.25, 0.3) is 17.1 Å². The van der Waals surface area contributed by atoms with E-state index in [0.717, 1.165) is 15.9 Å². The molecule has 0 aliphatic carbocycles. The first-order valence-corrected chi connectivity index (χ1v) is 10.8. The Hall–Kier alpha value is -3.52. The Balaban J connectivity index is 1.77. The number of benzene rings is 2. The number of rotatable bonds is 6. The normalized spacial score (nSPS) is 10.8. The van der Waals surface area contributed by atoms with Gasteiger partial charge in [0.05, 0.1) is 18.4 Å². The summed E-state index contributed by atoms with van der Waals surface area (Å²) >= 11 is 3.48. The maximum Gasteiger partial charge on any atom is 0.356 e. The van der Waals surface area contributed by atoms with Crippen LogP contribution in [0.5, 0.6) is 5.75 Å². The van der Waals surface area contributed by atoms with Gasteiger partial charge in [-0.15, -0.1) is 0 Å². The highest BCUT2D eigenvalue weighted by Crippen LogP contribution is 2.36.